The number of phenolic OH excluding ortho intramolecular Hbond substituents is 1. The fraction of sp³-hybridized carbons (Fsp3) is 0.708. The Bertz CT molecular complexity index is 743. The summed E-state index contributed by atoms with van der Waals surface area (Å²) in [5.74, 6) is 0.0444. The second kappa shape index (κ2) is 12.3. The Morgan fingerprint density at radius 2 is 1.62 bits per heavy atom. The SMILES string of the molecule is COc1c(O)cc2cc1OCCC[C@H](C)C(O)CCN1CCCN(CCCOC2=O)CC1. The molecule has 8 nitrogen and oxygen atoms in total. The van der Waals surface area contributed by atoms with E-state index in [-0.39, 0.29) is 29.1 Å². The molecule has 0 amide bonds. The summed E-state index contributed by atoms with van der Waals surface area (Å²) in [5.41, 5.74) is 0.238. The van der Waals surface area contributed by atoms with Crippen molar-refractivity contribution in [1.82, 2.24) is 9.80 Å². The van der Waals surface area contributed by atoms with Crippen molar-refractivity contribution < 1.29 is 29.2 Å². The maximum atomic E-state index is 12.5. The molecule has 0 saturated carbocycles. The fourth-order valence-corrected chi connectivity index (χ4v) is 4.40. The number of phenols is 1. The lowest BCUT2D eigenvalue weighted by molar-refractivity contribution is 0.0486. The van der Waals surface area contributed by atoms with Crippen molar-refractivity contribution in [3.63, 3.8) is 0 Å². The first-order valence-electron chi connectivity index (χ1n) is 11.8. The van der Waals surface area contributed by atoms with Crippen LogP contribution in [0.25, 0.3) is 0 Å². The van der Waals surface area contributed by atoms with Gasteiger partial charge in [-0.05, 0) is 63.2 Å². The van der Waals surface area contributed by atoms with Crippen LogP contribution in [-0.2, 0) is 4.74 Å². The Balaban J connectivity index is 1.71. The summed E-state index contributed by atoms with van der Waals surface area (Å²) in [6, 6.07) is 2.91. The molecule has 2 aliphatic heterocycles. The Hall–Kier alpha value is -2.03. The summed E-state index contributed by atoms with van der Waals surface area (Å²) in [7, 11) is 1.45. The number of hydrogen-bond acceptors (Lipinski definition) is 8. The number of hydrogen-bond donors (Lipinski definition) is 2. The number of methoxy groups -OCH3 is 1. The highest BCUT2D eigenvalue weighted by atomic mass is 16.5. The minimum atomic E-state index is -0.485. The van der Waals surface area contributed by atoms with E-state index < -0.39 is 5.97 Å². The molecule has 3 unspecified atom stereocenters. The third-order valence-electron chi connectivity index (χ3n) is 6.47. The van der Waals surface area contributed by atoms with E-state index in [0.717, 1.165) is 71.4 Å². The van der Waals surface area contributed by atoms with Gasteiger partial charge in [-0.3, -0.25) is 0 Å². The largest absolute Gasteiger partial charge is 0.504 e. The van der Waals surface area contributed by atoms with Crippen LogP contribution >= 0.6 is 0 Å². The zero-order valence-electron chi connectivity index (χ0n) is 19.4. The number of fused-ring (bicyclic) bond motifs is 5. The van der Waals surface area contributed by atoms with Gasteiger partial charge >= 0.3 is 5.97 Å². The Labute approximate surface area is 191 Å². The molecule has 1 aromatic carbocycles. The molecule has 0 radical (unpaired) electrons. The van der Waals surface area contributed by atoms with Crippen LogP contribution in [0.4, 0.5) is 0 Å². The van der Waals surface area contributed by atoms with Gasteiger partial charge in [0, 0.05) is 26.2 Å². The highest BCUT2D eigenvalue weighted by Gasteiger charge is 2.20. The number of ether oxygens (including phenoxy) is 3. The number of esters is 1. The van der Waals surface area contributed by atoms with Crippen LogP contribution < -0.4 is 9.47 Å². The van der Waals surface area contributed by atoms with Gasteiger partial charge in [0.25, 0.3) is 0 Å². The van der Waals surface area contributed by atoms with E-state index >= 15 is 0 Å². The lowest BCUT2D eigenvalue weighted by atomic mass is 9.96. The molecule has 0 aliphatic carbocycles. The van der Waals surface area contributed by atoms with Gasteiger partial charge in [0.05, 0.1) is 32.0 Å². The second-order valence-corrected chi connectivity index (χ2v) is 8.88. The Morgan fingerprint density at radius 3 is 2.38 bits per heavy atom. The lowest BCUT2D eigenvalue weighted by Gasteiger charge is -2.25. The number of aromatic hydroxyl groups is 1. The van der Waals surface area contributed by atoms with E-state index in [1.807, 2.05) is 0 Å². The molecule has 1 aromatic rings. The van der Waals surface area contributed by atoms with Crippen molar-refractivity contribution in [2.24, 2.45) is 5.92 Å². The lowest BCUT2D eigenvalue weighted by Crippen LogP contribution is -2.34. The summed E-state index contributed by atoms with van der Waals surface area (Å²) in [6.07, 6.45) is 3.88. The molecule has 8 heteroatoms. The van der Waals surface area contributed by atoms with Gasteiger partial charge < -0.3 is 34.2 Å². The standard InChI is InChI=1S/C24H38N2O6/c1-18-6-3-14-31-22-17-19(16-21(28)23(22)30-2)24(29)32-15-5-10-25-8-4-9-26(13-12-25)11-7-20(18)27/h16-18,20,27-28H,3-15H2,1-2H3/t18-,20?/m0/s1. The topological polar surface area (TPSA) is 91.7 Å². The summed E-state index contributed by atoms with van der Waals surface area (Å²) < 4.78 is 16.5. The molecule has 1 saturated heterocycles. The van der Waals surface area contributed by atoms with E-state index in [9.17, 15) is 15.0 Å². The van der Waals surface area contributed by atoms with Gasteiger partial charge in [-0.2, -0.15) is 0 Å². The minimum absolute atomic E-state index is 0.156. The van der Waals surface area contributed by atoms with Crippen molar-refractivity contribution in [3.05, 3.63) is 17.7 Å². The first kappa shape index (κ1) is 24.6. The third kappa shape index (κ3) is 6.98. The molecule has 3 rings (SSSR count). The predicted octanol–water partition coefficient (Wildman–Crippen LogP) is 2.52. The van der Waals surface area contributed by atoms with Crippen molar-refractivity contribution in [2.45, 2.75) is 45.1 Å². The Morgan fingerprint density at radius 1 is 0.938 bits per heavy atom. The first-order valence-corrected chi connectivity index (χ1v) is 11.8. The smallest absolute Gasteiger partial charge is 0.338 e. The number of aliphatic hydroxyl groups excluding tert-OH is 1. The molecule has 2 aliphatic rings. The average molecular weight is 451 g/mol. The number of cyclic esters (lactones) is 1. The molecule has 1 fully saturated rings. The van der Waals surface area contributed by atoms with Crippen molar-refractivity contribution >= 4 is 5.97 Å². The van der Waals surface area contributed by atoms with Crippen LogP contribution in [0.15, 0.2) is 12.1 Å². The number of benzene rings is 1. The summed E-state index contributed by atoms with van der Waals surface area (Å²) in [4.78, 5) is 17.4. The van der Waals surface area contributed by atoms with Gasteiger partial charge in [-0.15, -0.1) is 0 Å². The van der Waals surface area contributed by atoms with Crippen molar-refractivity contribution in [1.29, 1.82) is 0 Å². The number of carbonyl (C=O) groups is 1. The van der Waals surface area contributed by atoms with Gasteiger partial charge in [-0.1, -0.05) is 6.92 Å². The third-order valence-corrected chi connectivity index (χ3v) is 6.47. The quantitative estimate of drug-likeness (QED) is 0.631. The van der Waals surface area contributed by atoms with Gasteiger partial charge in [0.1, 0.15) is 0 Å². The first-order chi connectivity index (χ1) is 15.5. The zero-order valence-corrected chi connectivity index (χ0v) is 19.4. The average Bonchev–Trinajstić information content (AvgIpc) is 3.02. The normalized spacial score (nSPS) is 28.8. The van der Waals surface area contributed by atoms with Crippen molar-refractivity contribution in [3.8, 4) is 17.2 Å². The number of carbonyl (C=O) groups excluding carboxylic acids is 1. The summed E-state index contributed by atoms with van der Waals surface area (Å²) >= 11 is 0. The molecule has 2 heterocycles. The molecule has 0 spiro atoms. The van der Waals surface area contributed by atoms with Crippen LogP contribution in [0, 0.1) is 5.92 Å². The van der Waals surface area contributed by atoms with Crippen LogP contribution in [0.2, 0.25) is 0 Å². The summed E-state index contributed by atoms with van der Waals surface area (Å²) in [5, 5.41) is 20.9. The van der Waals surface area contributed by atoms with Crippen LogP contribution in [-0.4, -0.2) is 91.7 Å². The molecular weight excluding hydrogens is 412 g/mol. The fourth-order valence-electron chi connectivity index (χ4n) is 4.40. The van der Waals surface area contributed by atoms with Crippen molar-refractivity contribution in [2.75, 3.05) is 59.6 Å². The maximum Gasteiger partial charge on any atom is 0.338 e. The van der Waals surface area contributed by atoms with E-state index in [1.165, 1.54) is 13.2 Å². The molecule has 32 heavy (non-hydrogen) atoms. The van der Waals surface area contributed by atoms with Crippen LogP contribution in [0.5, 0.6) is 17.2 Å². The molecule has 4 bridgehead atoms. The predicted molar refractivity (Wildman–Crippen MR) is 122 cm³/mol. The van der Waals surface area contributed by atoms with Gasteiger partial charge in [0.2, 0.25) is 5.75 Å². The second-order valence-electron chi connectivity index (χ2n) is 8.88. The minimum Gasteiger partial charge on any atom is -0.504 e. The highest BCUT2D eigenvalue weighted by molar-refractivity contribution is 5.91. The maximum absolute atomic E-state index is 12.5. The van der Waals surface area contributed by atoms with E-state index in [1.54, 1.807) is 6.07 Å². The summed E-state index contributed by atoms with van der Waals surface area (Å²) in [6.45, 7) is 8.68. The molecule has 4 atom stereocenters. The van der Waals surface area contributed by atoms with E-state index in [4.69, 9.17) is 14.2 Å². The van der Waals surface area contributed by atoms with Crippen LogP contribution in [0.3, 0.4) is 0 Å². The van der Waals surface area contributed by atoms with E-state index in [0.29, 0.717) is 19.0 Å². The molecular formula is C24H38N2O6. The monoisotopic (exact) mass is 450 g/mol. The number of nitrogens with zero attached hydrogens (tertiary/aromatic N) is 2. The highest BCUT2D eigenvalue weighted by Crippen LogP contribution is 2.38. The number of aliphatic hydroxyl groups is 1. The Kier molecular flexibility index (Phi) is 9.44. The van der Waals surface area contributed by atoms with Gasteiger partial charge in [-0.25, -0.2) is 4.79 Å². The van der Waals surface area contributed by atoms with Crippen LogP contribution in [0.1, 0.15) is 49.4 Å². The molecule has 2 N–H and O–H groups in total. The van der Waals surface area contributed by atoms with Gasteiger partial charge in [0.15, 0.2) is 11.5 Å². The molecule has 180 valence electrons. The number of rotatable bonds is 1. The van der Waals surface area contributed by atoms with E-state index in [2.05, 4.69) is 16.7 Å². The molecule has 0 aromatic heterocycles. The zero-order chi connectivity index (χ0) is 22.9.